The second kappa shape index (κ2) is 9.48. The molecule has 1 fully saturated rings. The number of thioether (sulfide) groups is 1. The molecule has 138 valence electrons. The molecule has 0 bridgehead atoms. The van der Waals surface area contributed by atoms with E-state index in [0.717, 1.165) is 24.6 Å². The number of rotatable bonds is 6. The van der Waals surface area contributed by atoms with Gasteiger partial charge in [-0.25, -0.2) is 0 Å². The molecule has 6 heteroatoms. The van der Waals surface area contributed by atoms with Gasteiger partial charge in [-0.15, -0.1) is 0 Å². The second-order valence-electron chi connectivity index (χ2n) is 6.42. The zero-order valence-corrected chi connectivity index (χ0v) is 16.0. The molecular weight excluding hydrogens is 344 g/mol. The maximum absolute atomic E-state index is 11.8. The number of aromatic nitrogens is 1. The van der Waals surface area contributed by atoms with Crippen LogP contribution in [0.25, 0.3) is 0 Å². The van der Waals surface area contributed by atoms with E-state index in [4.69, 9.17) is 0 Å². The number of guanidine groups is 1. The zero-order valence-electron chi connectivity index (χ0n) is 15.1. The molecule has 2 N–H and O–H groups in total. The van der Waals surface area contributed by atoms with Crippen molar-refractivity contribution >= 4 is 17.7 Å². The Labute approximate surface area is 158 Å². The number of nitrogens with one attached hydrogen (secondary N) is 2. The van der Waals surface area contributed by atoms with E-state index in [-0.39, 0.29) is 5.56 Å². The van der Waals surface area contributed by atoms with E-state index in [1.54, 1.807) is 23.7 Å². The van der Waals surface area contributed by atoms with E-state index in [0.29, 0.717) is 11.8 Å². The van der Waals surface area contributed by atoms with Crippen LogP contribution in [-0.4, -0.2) is 35.1 Å². The Bertz CT molecular complexity index is 779. The number of nitrogens with zero attached hydrogens (tertiary/aromatic N) is 2. The van der Waals surface area contributed by atoms with E-state index in [9.17, 15) is 4.79 Å². The van der Waals surface area contributed by atoms with E-state index < -0.39 is 0 Å². The van der Waals surface area contributed by atoms with Crippen molar-refractivity contribution in [2.24, 2.45) is 4.99 Å². The number of benzene rings is 1. The van der Waals surface area contributed by atoms with Crippen molar-refractivity contribution < 1.29 is 0 Å². The lowest BCUT2D eigenvalue weighted by Gasteiger charge is -2.15. The molecule has 0 saturated carbocycles. The molecule has 26 heavy (non-hydrogen) atoms. The van der Waals surface area contributed by atoms with Crippen molar-refractivity contribution in [3.8, 4) is 0 Å². The van der Waals surface area contributed by atoms with Gasteiger partial charge in [0.25, 0.3) is 5.56 Å². The maximum atomic E-state index is 11.8. The molecule has 2 aromatic rings. The fourth-order valence-electron chi connectivity index (χ4n) is 2.97. The average Bonchev–Trinajstić information content (AvgIpc) is 3.18. The average molecular weight is 371 g/mol. The van der Waals surface area contributed by atoms with Gasteiger partial charge in [-0.05, 0) is 35.8 Å². The quantitative estimate of drug-likeness (QED) is 0.606. The van der Waals surface area contributed by atoms with Crippen LogP contribution in [0.3, 0.4) is 0 Å². The molecule has 1 atom stereocenters. The van der Waals surface area contributed by atoms with Crippen molar-refractivity contribution in [3.05, 3.63) is 70.1 Å². The molecular formula is C20H26N4OS. The first-order valence-corrected chi connectivity index (χ1v) is 10.1. The molecule has 1 unspecified atom stereocenters. The lowest BCUT2D eigenvalue weighted by molar-refractivity contribution is 0.725. The molecule has 3 rings (SSSR count). The van der Waals surface area contributed by atoms with E-state index >= 15 is 0 Å². The third-order valence-corrected chi connectivity index (χ3v) is 5.88. The van der Waals surface area contributed by atoms with Crippen molar-refractivity contribution in [1.82, 2.24) is 15.2 Å². The fourth-order valence-corrected chi connectivity index (χ4v) is 4.17. The fraction of sp³-hybridized carbons (Fsp3) is 0.400. The Balaban J connectivity index is 1.48. The molecule has 0 spiro atoms. The highest BCUT2D eigenvalue weighted by molar-refractivity contribution is 8.00. The SMILES string of the molecule is CN=C(NCc1ccc(Cn2ccccc2=O)cc1)NCC1CCCS1. The minimum Gasteiger partial charge on any atom is -0.355 e. The molecule has 0 radical (unpaired) electrons. The topological polar surface area (TPSA) is 58.4 Å². The van der Waals surface area contributed by atoms with Crippen molar-refractivity contribution in [1.29, 1.82) is 0 Å². The van der Waals surface area contributed by atoms with Crippen molar-refractivity contribution in [2.75, 3.05) is 19.3 Å². The lowest BCUT2D eigenvalue weighted by atomic mass is 10.1. The van der Waals surface area contributed by atoms with Crippen LogP contribution in [0.5, 0.6) is 0 Å². The summed E-state index contributed by atoms with van der Waals surface area (Å²) in [5.41, 5.74) is 2.32. The Morgan fingerprint density at radius 3 is 2.69 bits per heavy atom. The minimum atomic E-state index is 0.0218. The molecule has 0 aliphatic carbocycles. The van der Waals surface area contributed by atoms with Crippen LogP contribution in [0.1, 0.15) is 24.0 Å². The predicted molar refractivity (Wildman–Crippen MR) is 110 cm³/mol. The Morgan fingerprint density at radius 1 is 1.19 bits per heavy atom. The summed E-state index contributed by atoms with van der Waals surface area (Å²) < 4.78 is 1.71. The summed E-state index contributed by atoms with van der Waals surface area (Å²) in [6.07, 6.45) is 4.43. The first-order valence-electron chi connectivity index (χ1n) is 9.04. The summed E-state index contributed by atoms with van der Waals surface area (Å²) >= 11 is 2.04. The first-order chi connectivity index (χ1) is 12.7. The number of hydrogen-bond acceptors (Lipinski definition) is 3. The van der Waals surface area contributed by atoms with Gasteiger partial charge in [-0.1, -0.05) is 30.3 Å². The highest BCUT2D eigenvalue weighted by Gasteiger charge is 2.15. The second-order valence-corrected chi connectivity index (χ2v) is 7.83. The van der Waals surface area contributed by atoms with Crippen LogP contribution in [-0.2, 0) is 13.1 Å². The summed E-state index contributed by atoms with van der Waals surface area (Å²) in [5, 5.41) is 7.48. The summed E-state index contributed by atoms with van der Waals surface area (Å²) in [4.78, 5) is 16.1. The maximum Gasteiger partial charge on any atom is 0.250 e. The lowest BCUT2D eigenvalue weighted by Crippen LogP contribution is -2.39. The molecule has 1 aliphatic rings. The largest absolute Gasteiger partial charge is 0.355 e. The Morgan fingerprint density at radius 2 is 2.00 bits per heavy atom. The zero-order chi connectivity index (χ0) is 18.2. The van der Waals surface area contributed by atoms with Gasteiger partial charge in [-0.3, -0.25) is 9.79 Å². The molecule has 1 aromatic heterocycles. The molecule has 1 saturated heterocycles. The summed E-state index contributed by atoms with van der Waals surface area (Å²) in [6, 6.07) is 13.6. The van der Waals surface area contributed by atoms with E-state index in [1.165, 1.54) is 24.2 Å². The third-order valence-electron chi connectivity index (χ3n) is 4.48. The van der Waals surface area contributed by atoms with Gasteiger partial charge in [0.15, 0.2) is 5.96 Å². The van der Waals surface area contributed by atoms with E-state index in [2.05, 4.69) is 39.9 Å². The highest BCUT2D eigenvalue weighted by atomic mass is 32.2. The monoisotopic (exact) mass is 370 g/mol. The smallest absolute Gasteiger partial charge is 0.250 e. The molecule has 5 nitrogen and oxygen atoms in total. The molecule has 1 aliphatic heterocycles. The van der Waals surface area contributed by atoms with Gasteiger partial charge < -0.3 is 15.2 Å². The van der Waals surface area contributed by atoms with Crippen LogP contribution in [0, 0.1) is 0 Å². The summed E-state index contributed by atoms with van der Waals surface area (Å²) in [7, 11) is 1.80. The van der Waals surface area contributed by atoms with Gasteiger partial charge in [0, 0.05) is 37.7 Å². The summed E-state index contributed by atoms with van der Waals surface area (Å²) in [6.45, 7) is 2.29. The first kappa shape index (κ1) is 18.6. The van der Waals surface area contributed by atoms with Gasteiger partial charge in [-0.2, -0.15) is 11.8 Å². The van der Waals surface area contributed by atoms with Gasteiger partial charge in [0.2, 0.25) is 0 Å². The van der Waals surface area contributed by atoms with Crippen LogP contribution in [0.15, 0.2) is 58.4 Å². The predicted octanol–water partition coefficient (Wildman–Crippen LogP) is 2.46. The van der Waals surface area contributed by atoms with Gasteiger partial charge in [0.1, 0.15) is 0 Å². The normalized spacial score (nSPS) is 17.3. The van der Waals surface area contributed by atoms with Gasteiger partial charge >= 0.3 is 0 Å². The molecule has 0 amide bonds. The Kier molecular flexibility index (Phi) is 6.77. The highest BCUT2D eigenvalue weighted by Crippen LogP contribution is 2.25. The Hall–Kier alpha value is -2.21. The molecule has 2 heterocycles. The number of hydrogen-bond donors (Lipinski definition) is 2. The van der Waals surface area contributed by atoms with Crippen LogP contribution in [0.2, 0.25) is 0 Å². The van der Waals surface area contributed by atoms with Crippen LogP contribution < -0.4 is 16.2 Å². The summed E-state index contributed by atoms with van der Waals surface area (Å²) in [5.74, 6) is 2.12. The standard InChI is InChI=1S/C20H26N4OS/c1-21-20(23-14-18-5-4-12-26-18)22-13-16-7-9-17(10-8-16)15-24-11-3-2-6-19(24)25/h2-3,6-11,18H,4-5,12-15H2,1H3,(H2,21,22,23). The number of aliphatic imine (C=N–C) groups is 1. The van der Waals surface area contributed by atoms with E-state index in [1.807, 2.05) is 24.0 Å². The minimum absolute atomic E-state index is 0.0218. The third kappa shape index (κ3) is 5.39. The van der Waals surface area contributed by atoms with Gasteiger partial charge in [0.05, 0.1) is 6.54 Å². The van der Waals surface area contributed by atoms with Crippen LogP contribution in [0.4, 0.5) is 0 Å². The van der Waals surface area contributed by atoms with Crippen molar-refractivity contribution in [3.63, 3.8) is 0 Å². The molecule has 1 aromatic carbocycles. The number of pyridine rings is 1. The van der Waals surface area contributed by atoms with Crippen molar-refractivity contribution in [2.45, 2.75) is 31.2 Å². The van der Waals surface area contributed by atoms with Crippen LogP contribution >= 0.6 is 11.8 Å².